The van der Waals surface area contributed by atoms with Crippen molar-refractivity contribution in [2.75, 3.05) is 13.2 Å². The van der Waals surface area contributed by atoms with E-state index < -0.39 is 0 Å². The van der Waals surface area contributed by atoms with E-state index in [1.54, 1.807) is 12.3 Å². The lowest BCUT2D eigenvalue weighted by Crippen LogP contribution is -2.55. The van der Waals surface area contributed by atoms with Crippen molar-refractivity contribution in [2.24, 2.45) is 5.92 Å². The van der Waals surface area contributed by atoms with Gasteiger partial charge in [-0.3, -0.25) is 9.78 Å². The van der Waals surface area contributed by atoms with Gasteiger partial charge in [-0.15, -0.1) is 0 Å². The van der Waals surface area contributed by atoms with Crippen LogP contribution in [0.15, 0.2) is 18.5 Å². The van der Waals surface area contributed by atoms with E-state index in [1.807, 2.05) is 6.07 Å². The molecule has 2 atom stereocenters. The average Bonchev–Trinajstić information content (AvgIpc) is 2.46. The van der Waals surface area contributed by atoms with E-state index >= 15 is 0 Å². The van der Waals surface area contributed by atoms with Gasteiger partial charge in [-0.25, -0.2) is 0 Å². The number of carbonyl (C=O) groups is 1. The molecule has 19 heavy (non-hydrogen) atoms. The summed E-state index contributed by atoms with van der Waals surface area (Å²) in [7, 11) is 0. The Labute approximate surface area is 111 Å². The number of aromatic nitrogens is 1. The average molecular weight is 257 g/mol. The number of Topliss-reactive ketones (excluding diaryl/α,β-unsaturated/α-hetero) is 1. The molecule has 2 saturated heterocycles. The molecular weight excluding hydrogens is 242 g/mol. The molecule has 5 heteroatoms. The molecule has 2 fully saturated rings. The number of fused-ring (bicyclic) bond motifs is 2. The van der Waals surface area contributed by atoms with Gasteiger partial charge in [-0.2, -0.15) is 5.26 Å². The predicted molar refractivity (Wildman–Crippen MR) is 67.5 cm³/mol. The van der Waals surface area contributed by atoms with Crippen LogP contribution in [0.25, 0.3) is 0 Å². The van der Waals surface area contributed by atoms with Gasteiger partial charge in [0.25, 0.3) is 0 Å². The van der Waals surface area contributed by atoms with Gasteiger partial charge in [0.1, 0.15) is 6.07 Å². The number of nitrogens with zero attached hydrogens (tertiary/aromatic N) is 2. The molecule has 0 spiro atoms. The van der Waals surface area contributed by atoms with Crippen LogP contribution in [-0.4, -0.2) is 36.1 Å². The minimum absolute atomic E-state index is 0.0101. The van der Waals surface area contributed by atoms with Gasteiger partial charge in [-0.1, -0.05) is 0 Å². The predicted octanol–water partition coefficient (Wildman–Crippen LogP) is 0.903. The zero-order chi connectivity index (χ0) is 13.2. The smallest absolute Gasteiger partial charge is 0.167 e. The standard InChI is InChI=1S/C14H15N3O2/c15-4-9-1-11(6-16-5-9)14(18)10-2-12-7-19-8-13(3-10)17-12/h1,5-6,10,12-13,17H,2-3,7-8H2. The van der Waals surface area contributed by atoms with Gasteiger partial charge in [0, 0.05) is 36.0 Å². The van der Waals surface area contributed by atoms with E-state index in [2.05, 4.69) is 10.3 Å². The first kappa shape index (κ1) is 12.3. The molecule has 3 rings (SSSR count). The van der Waals surface area contributed by atoms with Crippen molar-refractivity contribution in [3.8, 4) is 6.07 Å². The lowest BCUT2D eigenvalue weighted by atomic mass is 9.82. The number of hydrogen-bond donors (Lipinski definition) is 1. The molecule has 1 aromatic rings. The Morgan fingerprint density at radius 3 is 2.79 bits per heavy atom. The van der Waals surface area contributed by atoms with E-state index in [-0.39, 0.29) is 23.8 Å². The van der Waals surface area contributed by atoms with Crippen LogP contribution in [0.5, 0.6) is 0 Å². The normalized spacial score (nSPS) is 29.5. The third-order valence-corrected chi connectivity index (χ3v) is 3.77. The largest absolute Gasteiger partial charge is 0.378 e. The summed E-state index contributed by atoms with van der Waals surface area (Å²) in [6.07, 6.45) is 4.62. The third-order valence-electron chi connectivity index (χ3n) is 3.77. The molecule has 0 aromatic carbocycles. The van der Waals surface area contributed by atoms with Crippen LogP contribution in [-0.2, 0) is 4.74 Å². The molecule has 2 aliphatic rings. The highest BCUT2D eigenvalue weighted by molar-refractivity contribution is 5.98. The summed E-state index contributed by atoms with van der Waals surface area (Å²) < 4.78 is 5.48. The van der Waals surface area contributed by atoms with Gasteiger partial charge in [0.15, 0.2) is 5.78 Å². The first-order valence-corrected chi connectivity index (χ1v) is 6.49. The molecule has 0 radical (unpaired) electrons. The molecule has 2 aliphatic heterocycles. The third kappa shape index (κ3) is 2.50. The summed E-state index contributed by atoms with van der Waals surface area (Å²) in [5.74, 6) is 0.110. The maximum absolute atomic E-state index is 12.5. The van der Waals surface area contributed by atoms with Gasteiger partial charge in [-0.05, 0) is 18.9 Å². The monoisotopic (exact) mass is 257 g/mol. The SMILES string of the molecule is N#Cc1cncc(C(=O)C2CC3COCC(C2)N3)c1. The van der Waals surface area contributed by atoms with Gasteiger partial charge in [0.2, 0.25) is 0 Å². The van der Waals surface area contributed by atoms with E-state index in [4.69, 9.17) is 10.00 Å². The maximum atomic E-state index is 12.5. The highest BCUT2D eigenvalue weighted by Gasteiger charge is 2.35. The van der Waals surface area contributed by atoms with Crippen molar-refractivity contribution in [1.82, 2.24) is 10.3 Å². The van der Waals surface area contributed by atoms with Crippen LogP contribution in [0.3, 0.4) is 0 Å². The van der Waals surface area contributed by atoms with Crippen LogP contribution in [0.1, 0.15) is 28.8 Å². The number of carbonyl (C=O) groups excluding carboxylic acids is 1. The van der Waals surface area contributed by atoms with Crippen LogP contribution < -0.4 is 5.32 Å². The zero-order valence-corrected chi connectivity index (χ0v) is 10.5. The van der Waals surface area contributed by atoms with Gasteiger partial charge < -0.3 is 10.1 Å². The van der Waals surface area contributed by atoms with Gasteiger partial charge >= 0.3 is 0 Å². The van der Waals surface area contributed by atoms with Crippen molar-refractivity contribution < 1.29 is 9.53 Å². The topological polar surface area (TPSA) is 75.0 Å². The van der Waals surface area contributed by atoms with E-state index in [0.29, 0.717) is 24.3 Å². The summed E-state index contributed by atoms with van der Waals surface area (Å²) in [6, 6.07) is 4.19. The fourth-order valence-corrected chi connectivity index (χ4v) is 2.92. The quantitative estimate of drug-likeness (QED) is 0.797. The Morgan fingerprint density at radius 2 is 2.11 bits per heavy atom. The number of nitrogens with one attached hydrogen (secondary N) is 1. The van der Waals surface area contributed by atoms with Crippen molar-refractivity contribution in [3.63, 3.8) is 0 Å². The fraction of sp³-hybridized carbons (Fsp3) is 0.500. The number of piperidine rings is 1. The Hall–Kier alpha value is -1.77. The van der Waals surface area contributed by atoms with E-state index in [9.17, 15) is 4.79 Å². The van der Waals surface area contributed by atoms with Crippen molar-refractivity contribution in [1.29, 1.82) is 5.26 Å². The molecule has 0 amide bonds. The molecule has 98 valence electrons. The molecular formula is C14H15N3O2. The molecule has 0 saturated carbocycles. The van der Waals surface area contributed by atoms with Crippen LogP contribution in [0.2, 0.25) is 0 Å². The fourth-order valence-electron chi connectivity index (χ4n) is 2.92. The summed E-state index contributed by atoms with van der Waals surface area (Å²) in [4.78, 5) is 16.4. The number of ketones is 1. The second-order valence-electron chi connectivity index (χ2n) is 5.20. The number of rotatable bonds is 2. The molecule has 2 unspecified atom stereocenters. The number of morpholine rings is 1. The first-order chi connectivity index (χ1) is 9.26. The summed E-state index contributed by atoms with van der Waals surface area (Å²) >= 11 is 0. The lowest BCUT2D eigenvalue weighted by Gasteiger charge is -2.39. The van der Waals surface area contributed by atoms with E-state index in [0.717, 1.165) is 12.8 Å². The molecule has 3 heterocycles. The summed E-state index contributed by atoms with van der Waals surface area (Å²) in [5, 5.41) is 12.3. The highest BCUT2D eigenvalue weighted by Crippen LogP contribution is 2.27. The number of hydrogen-bond acceptors (Lipinski definition) is 5. The van der Waals surface area contributed by atoms with Crippen molar-refractivity contribution in [3.05, 3.63) is 29.6 Å². The van der Waals surface area contributed by atoms with Crippen molar-refractivity contribution in [2.45, 2.75) is 24.9 Å². The first-order valence-electron chi connectivity index (χ1n) is 6.49. The van der Waals surface area contributed by atoms with E-state index in [1.165, 1.54) is 6.20 Å². The van der Waals surface area contributed by atoms with Crippen LogP contribution in [0.4, 0.5) is 0 Å². The molecule has 1 N–H and O–H groups in total. The second-order valence-corrected chi connectivity index (χ2v) is 5.20. The van der Waals surface area contributed by atoms with Crippen LogP contribution >= 0.6 is 0 Å². The second kappa shape index (κ2) is 5.08. The number of ether oxygens (including phenoxy) is 1. The molecule has 0 aliphatic carbocycles. The Balaban J connectivity index is 1.78. The van der Waals surface area contributed by atoms with Crippen molar-refractivity contribution >= 4 is 5.78 Å². The minimum atomic E-state index is 0.0101. The van der Waals surface area contributed by atoms with Crippen LogP contribution in [0, 0.1) is 17.2 Å². The molecule has 2 bridgehead atoms. The Kier molecular flexibility index (Phi) is 3.28. The molecule has 5 nitrogen and oxygen atoms in total. The summed E-state index contributed by atoms with van der Waals surface area (Å²) in [5.41, 5.74) is 0.980. The number of pyridine rings is 1. The Bertz CT molecular complexity index is 526. The Morgan fingerprint density at radius 1 is 1.37 bits per heavy atom. The summed E-state index contributed by atoms with van der Waals surface area (Å²) in [6.45, 7) is 1.35. The molecule has 1 aromatic heterocycles. The lowest BCUT2D eigenvalue weighted by molar-refractivity contribution is 0.00952. The highest BCUT2D eigenvalue weighted by atomic mass is 16.5. The zero-order valence-electron chi connectivity index (χ0n) is 10.5. The number of nitriles is 1. The maximum Gasteiger partial charge on any atom is 0.167 e. The van der Waals surface area contributed by atoms with Gasteiger partial charge in [0.05, 0.1) is 18.8 Å². The minimum Gasteiger partial charge on any atom is -0.378 e.